The van der Waals surface area contributed by atoms with E-state index in [4.69, 9.17) is 16.9 Å². The van der Waals surface area contributed by atoms with Crippen LogP contribution >= 0.6 is 11.6 Å². The highest BCUT2D eigenvalue weighted by Gasteiger charge is 1.94. The molecule has 0 unspecified atom stereocenters. The van der Waals surface area contributed by atoms with Crippen LogP contribution in [0.25, 0.3) is 6.08 Å². The third-order valence-corrected chi connectivity index (χ3v) is 2.38. The van der Waals surface area contributed by atoms with E-state index in [-0.39, 0.29) is 0 Å². The largest absolute Gasteiger partial charge is 0.192 e. The van der Waals surface area contributed by atoms with E-state index in [1.165, 1.54) is 5.57 Å². The van der Waals surface area contributed by atoms with Gasteiger partial charge in [-0.25, -0.2) is 0 Å². The molecule has 0 aliphatic heterocycles. The van der Waals surface area contributed by atoms with Gasteiger partial charge in [0.2, 0.25) is 0 Å². The molecule has 0 radical (unpaired) electrons. The van der Waals surface area contributed by atoms with Crippen molar-refractivity contribution in [3.8, 4) is 6.07 Å². The van der Waals surface area contributed by atoms with Gasteiger partial charge in [0.25, 0.3) is 0 Å². The van der Waals surface area contributed by atoms with Crippen LogP contribution in [0.1, 0.15) is 24.5 Å². The van der Waals surface area contributed by atoms with Crippen LogP contribution in [-0.2, 0) is 0 Å². The Morgan fingerprint density at radius 3 is 2.50 bits per heavy atom. The SMILES string of the molecule is CCC(=Cc1ccc(C#N)cc1)CCl. The molecule has 72 valence electrons. The molecule has 0 N–H and O–H groups in total. The minimum absolute atomic E-state index is 0.566. The Balaban J connectivity index is 2.88. The topological polar surface area (TPSA) is 23.8 Å². The molecule has 0 heterocycles. The van der Waals surface area contributed by atoms with Gasteiger partial charge >= 0.3 is 0 Å². The van der Waals surface area contributed by atoms with Crippen LogP contribution in [0.3, 0.4) is 0 Å². The van der Waals surface area contributed by atoms with Gasteiger partial charge in [0.05, 0.1) is 11.6 Å². The fraction of sp³-hybridized carbons (Fsp3) is 0.250. The van der Waals surface area contributed by atoms with Crippen LogP contribution in [-0.4, -0.2) is 5.88 Å². The van der Waals surface area contributed by atoms with Crippen molar-refractivity contribution in [3.05, 3.63) is 41.0 Å². The van der Waals surface area contributed by atoms with Crippen molar-refractivity contribution in [2.24, 2.45) is 0 Å². The van der Waals surface area contributed by atoms with Crippen LogP contribution in [0.15, 0.2) is 29.8 Å². The van der Waals surface area contributed by atoms with Crippen LogP contribution in [0, 0.1) is 11.3 Å². The van der Waals surface area contributed by atoms with Gasteiger partial charge < -0.3 is 0 Å². The van der Waals surface area contributed by atoms with Crippen molar-refractivity contribution in [1.29, 1.82) is 5.26 Å². The average Bonchev–Trinajstić information content (AvgIpc) is 2.26. The second-order valence-electron chi connectivity index (χ2n) is 3.02. The summed E-state index contributed by atoms with van der Waals surface area (Å²) in [7, 11) is 0. The predicted octanol–water partition coefficient (Wildman–Crippen LogP) is 3.59. The summed E-state index contributed by atoms with van der Waals surface area (Å²) in [5.41, 5.74) is 2.99. The lowest BCUT2D eigenvalue weighted by molar-refractivity contribution is 1.12. The first-order valence-electron chi connectivity index (χ1n) is 4.55. The van der Waals surface area contributed by atoms with Crippen molar-refractivity contribution in [1.82, 2.24) is 0 Å². The van der Waals surface area contributed by atoms with Crippen molar-refractivity contribution in [3.63, 3.8) is 0 Å². The highest BCUT2D eigenvalue weighted by molar-refractivity contribution is 6.19. The molecule has 1 aromatic carbocycles. The summed E-state index contributed by atoms with van der Waals surface area (Å²) >= 11 is 5.76. The van der Waals surface area contributed by atoms with Crippen LogP contribution < -0.4 is 0 Å². The Hall–Kier alpha value is -1.26. The first kappa shape index (κ1) is 10.8. The van der Waals surface area contributed by atoms with Crippen LogP contribution in [0.4, 0.5) is 0 Å². The molecule has 0 aliphatic rings. The van der Waals surface area contributed by atoms with E-state index in [0.717, 1.165) is 12.0 Å². The van der Waals surface area contributed by atoms with E-state index in [9.17, 15) is 0 Å². The number of halogens is 1. The fourth-order valence-corrected chi connectivity index (χ4v) is 1.39. The molecule has 0 aromatic heterocycles. The molecule has 0 atom stereocenters. The molecular weight excluding hydrogens is 194 g/mol. The standard InChI is InChI=1S/C12H12ClN/c1-2-10(8-13)7-11-3-5-12(9-14)6-4-11/h3-7H,2,8H2,1H3. The summed E-state index contributed by atoms with van der Waals surface area (Å²) in [5, 5.41) is 8.62. The predicted molar refractivity (Wildman–Crippen MR) is 60.1 cm³/mol. The van der Waals surface area contributed by atoms with Gasteiger partial charge in [-0.15, -0.1) is 11.6 Å². The van der Waals surface area contributed by atoms with Crippen molar-refractivity contribution >= 4 is 17.7 Å². The molecule has 0 saturated carbocycles. The molecule has 14 heavy (non-hydrogen) atoms. The zero-order valence-electron chi connectivity index (χ0n) is 8.13. The average molecular weight is 206 g/mol. The van der Waals surface area contributed by atoms with Crippen molar-refractivity contribution in [2.75, 3.05) is 5.88 Å². The van der Waals surface area contributed by atoms with Gasteiger partial charge in [0, 0.05) is 5.88 Å². The van der Waals surface area contributed by atoms with Gasteiger partial charge in [-0.2, -0.15) is 5.26 Å². The number of hydrogen-bond donors (Lipinski definition) is 0. The first-order valence-corrected chi connectivity index (χ1v) is 5.09. The molecular formula is C12H12ClN. The lowest BCUT2D eigenvalue weighted by atomic mass is 10.1. The summed E-state index contributed by atoms with van der Waals surface area (Å²) < 4.78 is 0. The highest BCUT2D eigenvalue weighted by Crippen LogP contribution is 2.11. The Labute approximate surface area is 89.6 Å². The summed E-state index contributed by atoms with van der Waals surface area (Å²) in [4.78, 5) is 0. The molecule has 2 heteroatoms. The minimum atomic E-state index is 0.566. The van der Waals surface area contributed by atoms with Gasteiger partial charge in [-0.1, -0.05) is 30.7 Å². The molecule has 0 fully saturated rings. The van der Waals surface area contributed by atoms with E-state index < -0.39 is 0 Å². The first-order chi connectivity index (χ1) is 6.80. The van der Waals surface area contributed by atoms with E-state index in [1.807, 2.05) is 24.3 Å². The molecule has 1 nitrogen and oxygen atoms in total. The zero-order valence-corrected chi connectivity index (χ0v) is 8.88. The number of rotatable bonds is 3. The second kappa shape index (κ2) is 5.47. The zero-order chi connectivity index (χ0) is 10.4. The van der Waals surface area contributed by atoms with E-state index in [1.54, 1.807) is 0 Å². The normalized spacial score (nSPS) is 11.1. The monoisotopic (exact) mass is 205 g/mol. The molecule has 0 aliphatic carbocycles. The Morgan fingerprint density at radius 2 is 2.07 bits per heavy atom. The van der Waals surface area contributed by atoms with Crippen LogP contribution in [0.2, 0.25) is 0 Å². The molecule has 0 amide bonds. The molecule has 1 rings (SSSR count). The van der Waals surface area contributed by atoms with E-state index in [0.29, 0.717) is 11.4 Å². The van der Waals surface area contributed by atoms with E-state index >= 15 is 0 Å². The Kier molecular flexibility index (Phi) is 4.22. The quantitative estimate of drug-likeness (QED) is 0.692. The summed E-state index contributed by atoms with van der Waals surface area (Å²) in [6.45, 7) is 2.08. The van der Waals surface area contributed by atoms with Gasteiger partial charge in [-0.3, -0.25) is 0 Å². The number of allylic oxidation sites excluding steroid dienone is 1. The van der Waals surface area contributed by atoms with Gasteiger partial charge in [0.1, 0.15) is 0 Å². The van der Waals surface area contributed by atoms with Gasteiger partial charge in [0.15, 0.2) is 0 Å². The molecule has 0 bridgehead atoms. The van der Waals surface area contributed by atoms with Crippen molar-refractivity contribution < 1.29 is 0 Å². The second-order valence-corrected chi connectivity index (χ2v) is 3.29. The number of nitriles is 1. The molecule has 0 saturated heterocycles. The molecule has 1 aromatic rings. The number of nitrogens with zero attached hydrogens (tertiary/aromatic N) is 1. The summed E-state index contributed by atoms with van der Waals surface area (Å²) in [6.07, 6.45) is 3.03. The fourth-order valence-electron chi connectivity index (χ4n) is 1.12. The van der Waals surface area contributed by atoms with Gasteiger partial charge in [-0.05, 0) is 24.1 Å². The number of benzene rings is 1. The third-order valence-electron chi connectivity index (χ3n) is 2.04. The molecule has 0 spiro atoms. The maximum Gasteiger partial charge on any atom is 0.0991 e. The smallest absolute Gasteiger partial charge is 0.0991 e. The minimum Gasteiger partial charge on any atom is -0.192 e. The van der Waals surface area contributed by atoms with Crippen molar-refractivity contribution in [2.45, 2.75) is 13.3 Å². The summed E-state index contributed by atoms with van der Waals surface area (Å²) in [6, 6.07) is 9.58. The highest BCUT2D eigenvalue weighted by atomic mass is 35.5. The Bertz CT molecular complexity index is 351. The lowest BCUT2D eigenvalue weighted by Gasteiger charge is -1.99. The van der Waals surface area contributed by atoms with E-state index in [2.05, 4.69) is 19.1 Å². The maximum atomic E-state index is 8.62. The summed E-state index contributed by atoms with van der Waals surface area (Å²) in [5.74, 6) is 0.566. The maximum absolute atomic E-state index is 8.62. The Morgan fingerprint density at radius 1 is 1.43 bits per heavy atom. The lowest BCUT2D eigenvalue weighted by Crippen LogP contribution is -1.83. The third kappa shape index (κ3) is 2.90. The number of alkyl halides is 1. The number of hydrogen-bond acceptors (Lipinski definition) is 1. The van der Waals surface area contributed by atoms with Crippen LogP contribution in [0.5, 0.6) is 0 Å².